The zero-order valence-corrected chi connectivity index (χ0v) is 15.0. The van der Waals surface area contributed by atoms with Crippen LogP contribution in [0.25, 0.3) is 0 Å². The van der Waals surface area contributed by atoms with Gasteiger partial charge in [0.05, 0.1) is 11.7 Å². The van der Waals surface area contributed by atoms with Crippen molar-refractivity contribution in [3.05, 3.63) is 59.2 Å². The minimum Gasteiger partial charge on any atom is -0.490 e. The number of amides is 1. The summed E-state index contributed by atoms with van der Waals surface area (Å²) in [5.41, 5.74) is 4.14. The molecule has 136 valence electrons. The molecule has 1 N–H and O–H groups in total. The van der Waals surface area contributed by atoms with E-state index in [9.17, 15) is 4.79 Å². The molecule has 1 unspecified atom stereocenters. The Balaban J connectivity index is 1.50. The second-order valence-electron chi connectivity index (χ2n) is 7.05. The molecule has 1 heterocycles. The van der Waals surface area contributed by atoms with Crippen LogP contribution in [0.2, 0.25) is 0 Å². The summed E-state index contributed by atoms with van der Waals surface area (Å²) in [4.78, 5) is 12.9. The lowest BCUT2D eigenvalue weighted by Crippen LogP contribution is -2.19. The molecule has 4 nitrogen and oxygen atoms in total. The lowest BCUT2D eigenvalue weighted by molar-refractivity contribution is 0.0673. The van der Waals surface area contributed by atoms with E-state index in [0.29, 0.717) is 17.9 Å². The highest BCUT2D eigenvalue weighted by atomic mass is 16.5. The molecule has 4 rings (SSSR count). The van der Waals surface area contributed by atoms with E-state index in [1.807, 2.05) is 36.4 Å². The molecular weight excluding hydrogens is 326 g/mol. The van der Waals surface area contributed by atoms with Gasteiger partial charge in [-0.25, -0.2) is 0 Å². The normalized spacial score (nSPS) is 19.0. The minimum atomic E-state index is -0.119. The fourth-order valence-electron chi connectivity index (χ4n) is 3.83. The maximum Gasteiger partial charge on any atom is 0.259 e. The number of hydrogen-bond acceptors (Lipinski definition) is 3. The van der Waals surface area contributed by atoms with Crippen molar-refractivity contribution in [2.24, 2.45) is 0 Å². The monoisotopic (exact) mass is 351 g/mol. The van der Waals surface area contributed by atoms with Crippen LogP contribution in [-0.4, -0.2) is 25.2 Å². The maximum absolute atomic E-state index is 12.9. The summed E-state index contributed by atoms with van der Waals surface area (Å²) in [6.07, 6.45) is 6.76. The summed E-state index contributed by atoms with van der Waals surface area (Å²) in [7, 11) is 0. The number of nitrogens with one attached hydrogen (secondary N) is 1. The number of aryl methyl sites for hydroxylation is 1. The van der Waals surface area contributed by atoms with Crippen molar-refractivity contribution in [3.8, 4) is 5.75 Å². The van der Waals surface area contributed by atoms with Gasteiger partial charge in [0.25, 0.3) is 5.91 Å². The molecular formula is C22H25NO3. The van der Waals surface area contributed by atoms with Crippen LogP contribution in [-0.2, 0) is 17.6 Å². The molecule has 1 aliphatic heterocycles. The summed E-state index contributed by atoms with van der Waals surface area (Å²) in [5, 5.41) is 3.10. The van der Waals surface area contributed by atoms with Crippen LogP contribution in [0.15, 0.2) is 42.5 Å². The maximum atomic E-state index is 12.9. The summed E-state index contributed by atoms with van der Waals surface area (Å²) in [6, 6.07) is 13.6. The van der Waals surface area contributed by atoms with Gasteiger partial charge in [-0.2, -0.15) is 0 Å². The Morgan fingerprint density at radius 1 is 1.08 bits per heavy atom. The van der Waals surface area contributed by atoms with Gasteiger partial charge in [0.2, 0.25) is 0 Å². The van der Waals surface area contributed by atoms with Crippen molar-refractivity contribution < 1.29 is 14.3 Å². The second-order valence-corrected chi connectivity index (χ2v) is 7.05. The highest BCUT2D eigenvalue weighted by Gasteiger charge is 2.20. The van der Waals surface area contributed by atoms with Crippen molar-refractivity contribution >= 4 is 11.6 Å². The molecule has 2 aromatic rings. The first-order chi connectivity index (χ1) is 12.8. The van der Waals surface area contributed by atoms with E-state index in [1.54, 1.807) is 0 Å². The molecule has 1 atom stereocenters. The quantitative estimate of drug-likeness (QED) is 0.870. The van der Waals surface area contributed by atoms with E-state index < -0.39 is 0 Å². The summed E-state index contributed by atoms with van der Waals surface area (Å²) in [6.45, 7) is 1.29. The predicted octanol–water partition coefficient (Wildman–Crippen LogP) is 4.38. The fourth-order valence-corrected chi connectivity index (χ4v) is 3.83. The average Bonchev–Trinajstić information content (AvgIpc) is 3.20. The molecule has 0 aromatic heterocycles. The van der Waals surface area contributed by atoms with Crippen LogP contribution in [0.1, 0.15) is 47.2 Å². The Hall–Kier alpha value is -2.33. The van der Waals surface area contributed by atoms with Gasteiger partial charge >= 0.3 is 0 Å². The van der Waals surface area contributed by atoms with Crippen LogP contribution < -0.4 is 10.1 Å². The van der Waals surface area contributed by atoms with Gasteiger partial charge in [-0.3, -0.25) is 4.79 Å². The summed E-state index contributed by atoms with van der Waals surface area (Å²) < 4.78 is 11.5. The van der Waals surface area contributed by atoms with Crippen molar-refractivity contribution in [2.75, 3.05) is 18.5 Å². The van der Waals surface area contributed by atoms with Crippen molar-refractivity contribution in [3.63, 3.8) is 0 Å². The van der Waals surface area contributed by atoms with Crippen LogP contribution in [0.5, 0.6) is 5.75 Å². The first-order valence-corrected chi connectivity index (χ1v) is 9.57. The number of para-hydroxylation sites is 1. The lowest BCUT2D eigenvalue weighted by atomic mass is 9.90. The van der Waals surface area contributed by atoms with Crippen molar-refractivity contribution in [1.82, 2.24) is 0 Å². The van der Waals surface area contributed by atoms with Gasteiger partial charge in [-0.05, 0) is 67.9 Å². The number of hydrogen-bond donors (Lipinski definition) is 1. The third kappa shape index (κ3) is 3.75. The van der Waals surface area contributed by atoms with Gasteiger partial charge in [0.1, 0.15) is 12.4 Å². The number of carbonyl (C=O) groups excluding carboxylic acids is 1. The van der Waals surface area contributed by atoms with E-state index in [0.717, 1.165) is 38.0 Å². The van der Waals surface area contributed by atoms with Gasteiger partial charge < -0.3 is 14.8 Å². The number of carbonyl (C=O) groups is 1. The third-order valence-electron chi connectivity index (χ3n) is 5.22. The largest absolute Gasteiger partial charge is 0.490 e. The van der Waals surface area contributed by atoms with Gasteiger partial charge in [0, 0.05) is 12.3 Å². The zero-order valence-electron chi connectivity index (χ0n) is 15.0. The molecule has 1 aliphatic carbocycles. The average molecular weight is 351 g/mol. The topological polar surface area (TPSA) is 47.6 Å². The number of rotatable bonds is 5. The summed E-state index contributed by atoms with van der Waals surface area (Å²) >= 11 is 0. The summed E-state index contributed by atoms with van der Waals surface area (Å²) in [5.74, 6) is 0.497. The molecule has 4 heteroatoms. The smallest absolute Gasteiger partial charge is 0.259 e. The fraction of sp³-hybridized carbons (Fsp3) is 0.409. The Labute approximate surface area is 154 Å². The third-order valence-corrected chi connectivity index (χ3v) is 5.22. The Morgan fingerprint density at radius 2 is 1.96 bits per heavy atom. The van der Waals surface area contributed by atoms with Crippen molar-refractivity contribution in [2.45, 2.75) is 44.6 Å². The SMILES string of the molecule is O=C(Nc1cccc2c1CCCC2)c1ccccc1OCC1CCCO1. The van der Waals surface area contributed by atoms with Gasteiger partial charge in [-0.15, -0.1) is 0 Å². The van der Waals surface area contributed by atoms with Crippen LogP contribution in [0, 0.1) is 0 Å². The molecule has 1 fully saturated rings. The number of anilines is 1. The van der Waals surface area contributed by atoms with Gasteiger partial charge in [0.15, 0.2) is 0 Å². The molecule has 0 saturated carbocycles. The molecule has 2 aliphatic rings. The molecule has 1 saturated heterocycles. The van der Waals surface area contributed by atoms with Gasteiger partial charge in [-0.1, -0.05) is 24.3 Å². The van der Waals surface area contributed by atoms with Crippen LogP contribution in [0.3, 0.4) is 0 Å². The first-order valence-electron chi connectivity index (χ1n) is 9.57. The molecule has 0 spiro atoms. The molecule has 26 heavy (non-hydrogen) atoms. The number of ether oxygens (including phenoxy) is 2. The second kappa shape index (κ2) is 7.92. The Morgan fingerprint density at radius 3 is 2.85 bits per heavy atom. The van der Waals surface area contributed by atoms with E-state index in [1.165, 1.54) is 24.0 Å². The predicted molar refractivity (Wildman–Crippen MR) is 102 cm³/mol. The van der Waals surface area contributed by atoms with Crippen molar-refractivity contribution in [1.29, 1.82) is 0 Å². The molecule has 2 aromatic carbocycles. The Kier molecular flexibility index (Phi) is 5.21. The minimum absolute atomic E-state index is 0.119. The van der Waals surface area contributed by atoms with E-state index >= 15 is 0 Å². The van der Waals surface area contributed by atoms with Crippen LogP contribution >= 0.6 is 0 Å². The molecule has 0 bridgehead atoms. The van der Waals surface area contributed by atoms with E-state index in [2.05, 4.69) is 11.4 Å². The highest BCUT2D eigenvalue weighted by Crippen LogP contribution is 2.29. The first kappa shape index (κ1) is 17.1. The Bertz CT molecular complexity index is 781. The van der Waals surface area contributed by atoms with E-state index in [-0.39, 0.29) is 12.0 Å². The van der Waals surface area contributed by atoms with Crippen LogP contribution in [0.4, 0.5) is 5.69 Å². The molecule has 0 radical (unpaired) electrons. The standard InChI is InChI=1S/C22H25NO3/c24-22(23-20-12-5-8-16-7-1-2-10-18(16)20)19-11-3-4-13-21(19)26-15-17-9-6-14-25-17/h3-5,8,11-13,17H,1-2,6-7,9-10,14-15H2,(H,23,24). The molecule has 1 amide bonds. The highest BCUT2D eigenvalue weighted by molar-refractivity contribution is 6.06. The van der Waals surface area contributed by atoms with E-state index in [4.69, 9.17) is 9.47 Å². The zero-order chi connectivity index (χ0) is 17.8. The lowest BCUT2D eigenvalue weighted by Gasteiger charge is -2.20. The number of fused-ring (bicyclic) bond motifs is 1. The number of benzene rings is 2.